The Labute approximate surface area is 132 Å². The molecule has 0 saturated carbocycles. The van der Waals surface area contributed by atoms with Crippen LogP contribution in [0.4, 0.5) is 4.39 Å². The zero-order valence-corrected chi connectivity index (χ0v) is 13.4. The van der Waals surface area contributed by atoms with Crippen LogP contribution < -0.4 is 10.1 Å². The molecular weight excluding hydrogens is 333 g/mol. The molecule has 21 heavy (non-hydrogen) atoms. The molecule has 0 fully saturated rings. The molecule has 4 heteroatoms. The lowest BCUT2D eigenvalue weighted by Gasteiger charge is -2.29. The van der Waals surface area contributed by atoms with Gasteiger partial charge in [0.15, 0.2) is 0 Å². The molecule has 1 aliphatic heterocycles. The number of fused-ring (bicyclic) bond motifs is 1. The first-order chi connectivity index (χ1) is 10.1. The SMILES string of the molecule is C[C@@H](NC1CCOc2ccc(Br)cc21)c1ccccc1F. The number of hydrogen-bond donors (Lipinski definition) is 1. The summed E-state index contributed by atoms with van der Waals surface area (Å²) in [5, 5.41) is 3.52. The molecule has 0 aromatic heterocycles. The minimum Gasteiger partial charge on any atom is -0.493 e. The monoisotopic (exact) mass is 349 g/mol. The van der Waals surface area contributed by atoms with Crippen molar-refractivity contribution in [2.24, 2.45) is 0 Å². The van der Waals surface area contributed by atoms with Crippen molar-refractivity contribution in [3.05, 3.63) is 63.9 Å². The van der Waals surface area contributed by atoms with Gasteiger partial charge >= 0.3 is 0 Å². The van der Waals surface area contributed by atoms with Gasteiger partial charge in [-0.05, 0) is 31.2 Å². The largest absolute Gasteiger partial charge is 0.493 e. The Morgan fingerprint density at radius 1 is 1.29 bits per heavy atom. The van der Waals surface area contributed by atoms with E-state index in [1.165, 1.54) is 6.07 Å². The summed E-state index contributed by atoms with van der Waals surface area (Å²) >= 11 is 3.50. The van der Waals surface area contributed by atoms with Gasteiger partial charge in [-0.1, -0.05) is 34.1 Å². The van der Waals surface area contributed by atoms with E-state index in [0.717, 1.165) is 22.2 Å². The topological polar surface area (TPSA) is 21.3 Å². The normalized spacial score (nSPS) is 18.7. The van der Waals surface area contributed by atoms with Crippen LogP contribution in [0.5, 0.6) is 5.75 Å². The van der Waals surface area contributed by atoms with E-state index in [2.05, 4.69) is 27.3 Å². The third-order valence-corrected chi connectivity index (χ3v) is 4.33. The van der Waals surface area contributed by atoms with E-state index >= 15 is 0 Å². The number of halogens is 2. The van der Waals surface area contributed by atoms with Gasteiger partial charge in [-0.3, -0.25) is 0 Å². The summed E-state index contributed by atoms with van der Waals surface area (Å²) in [7, 11) is 0. The van der Waals surface area contributed by atoms with Gasteiger partial charge in [-0.15, -0.1) is 0 Å². The lowest BCUT2D eigenvalue weighted by molar-refractivity contribution is 0.245. The second-order valence-electron chi connectivity index (χ2n) is 5.28. The molecule has 1 unspecified atom stereocenters. The molecular formula is C17H17BrFNO. The Balaban J connectivity index is 1.83. The molecule has 0 aliphatic carbocycles. The van der Waals surface area contributed by atoms with Crippen LogP contribution in [-0.4, -0.2) is 6.61 Å². The second-order valence-corrected chi connectivity index (χ2v) is 6.20. The van der Waals surface area contributed by atoms with Gasteiger partial charge in [-0.2, -0.15) is 0 Å². The van der Waals surface area contributed by atoms with Crippen LogP contribution >= 0.6 is 15.9 Å². The summed E-state index contributed by atoms with van der Waals surface area (Å²) in [6, 6.07) is 13.0. The predicted octanol–water partition coefficient (Wildman–Crippen LogP) is 4.76. The molecule has 2 aromatic rings. The minimum absolute atomic E-state index is 0.0545. The summed E-state index contributed by atoms with van der Waals surface area (Å²) in [6.45, 7) is 2.67. The third-order valence-electron chi connectivity index (χ3n) is 3.83. The standard InChI is InChI=1S/C17H17BrFNO/c1-11(13-4-2-3-5-15(13)19)20-16-8-9-21-17-7-6-12(18)10-14(16)17/h2-7,10-11,16,20H,8-9H2,1H3/t11-,16?/m1/s1. The number of hydrogen-bond acceptors (Lipinski definition) is 2. The minimum atomic E-state index is -0.168. The number of benzene rings is 2. The van der Waals surface area contributed by atoms with Gasteiger partial charge in [0.2, 0.25) is 0 Å². The molecule has 1 heterocycles. The molecule has 1 aliphatic rings. The average Bonchev–Trinajstić information content (AvgIpc) is 2.48. The predicted molar refractivity (Wildman–Crippen MR) is 84.9 cm³/mol. The fraction of sp³-hybridized carbons (Fsp3) is 0.294. The van der Waals surface area contributed by atoms with E-state index in [1.54, 1.807) is 6.07 Å². The van der Waals surface area contributed by atoms with Gasteiger partial charge in [0.05, 0.1) is 6.61 Å². The molecule has 0 radical (unpaired) electrons. The van der Waals surface area contributed by atoms with Gasteiger partial charge in [-0.25, -0.2) is 4.39 Å². The van der Waals surface area contributed by atoms with Crippen LogP contribution in [0.3, 0.4) is 0 Å². The van der Waals surface area contributed by atoms with Crippen LogP contribution in [0.2, 0.25) is 0 Å². The summed E-state index contributed by atoms with van der Waals surface area (Å²) in [4.78, 5) is 0. The molecule has 0 bridgehead atoms. The highest BCUT2D eigenvalue weighted by Crippen LogP contribution is 2.35. The molecule has 2 atom stereocenters. The lowest BCUT2D eigenvalue weighted by Crippen LogP contribution is -2.29. The molecule has 0 saturated heterocycles. The zero-order chi connectivity index (χ0) is 14.8. The molecule has 2 nitrogen and oxygen atoms in total. The van der Waals surface area contributed by atoms with E-state index in [0.29, 0.717) is 12.2 Å². The van der Waals surface area contributed by atoms with Crippen LogP contribution in [0.15, 0.2) is 46.9 Å². The highest BCUT2D eigenvalue weighted by atomic mass is 79.9. The average molecular weight is 350 g/mol. The van der Waals surface area contributed by atoms with Crippen molar-refractivity contribution >= 4 is 15.9 Å². The van der Waals surface area contributed by atoms with Crippen LogP contribution in [0.1, 0.15) is 36.6 Å². The number of ether oxygens (including phenoxy) is 1. The van der Waals surface area contributed by atoms with Crippen molar-refractivity contribution in [2.75, 3.05) is 6.61 Å². The van der Waals surface area contributed by atoms with Crippen molar-refractivity contribution in [2.45, 2.75) is 25.4 Å². The second kappa shape index (κ2) is 6.16. The van der Waals surface area contributed by atoms with E-state index in [4.69, 9.17) is 4.74 Å². The molecule has 0 amide bonds. The van der Waals surface area contributed by atoms with Gasteiger partial charge in [0, 0.05) is 34.1 Å². The van der Waals surface area contributed by atoms with E-state index in [-0.39, 0.29) is 17.9 Å². The first-order valence-electron chi connectivity index (χ1n) is 7.08. The van der Waals surface area contributed by atoms with Crippen molar-refractivity contribution in [3.8, 4) is 5.75 Å². The number of nitrogens with one attached hydrogen (secondary N) is 1. The Kier molecular flexibility index (Phi) is 4.27. The molecule has 2 aromatic carbocycles. The molecule has 110 valence electrons. The summed E-state index contributed by atoms with van der Waals surface area (Å²) in [5.41, 5.74) is 1.82. The smallest absolute Gasteiger partial charge is 0.127 e. The molecule has 0 spiro atoms. The fourth-order valence-electron chi connectivity index (χ4n) is 2.76. The summed E-state index contributed by atoms with van der Waals surface area (Å²) in [6.07, 6.45) is 0.877. The maximum Gasteiger partial charge on any atom is 0.127 e. The fourth-order valence-corrected chi connectivity index (χ4v) is 3.14. The highest BCUT2D eigenvalue weighted by Gasteiger charge is 2.24. The van der Waals surface area contributed by atoms with Crippen LogP contribution in [0, 0.1) is 5.82 Å². The van der Waals surface area contributed by atoms with E-state index in [1.807, 2.05) is 31.2 Å². The first-order valence-corrected chi connectivity index (χ1v) is 7.87. The summed E-state index contributed by atoms with van der Waals surface area (Å²) < 4.78 is 20.6. The van der Waals surface area contributed by atoms with Crippen molar-refractivity contribution in [1.29, 1.82) is 0 Å². The van der Waals surface area contributed by atoms with Crippen LogP contribution in [-0.2, 0) is 0 Å². The van der Waals surface area contributed by atoms with Crippen molar-refractivity contribution < 1.29 is 9.13 Å². The molecule has 1 N–H and O–H groups in total. The Morgan fingerprint density at radius 2 is 2.10 bits per heavy atom. The van der Waals surface area contributed by atoms with Crippen molar-refractivity contribution in [3.63, 3.8) is 0 Å². The van der Waals surface area contributed by atoms with Crippen LogP contribution in [0.25, 0.3) is 0 Å². The van der Waals surface area contributed by atoms with Gasteiger partial charge in [0.1, 0.15) is 11.6 Å². The first kappa shape index (κ1) is 14.5. The Bertz CT molecular complexity index is 646. The van der Waals surface area contributed by atoms with Crippen molar-refractivity contribution in [1.82, 2.24) is 5.32 Å². The highest BCUT2D eigenvalue weighted by molar-refractivity contribution is 9.10. The lowest BCUT2D eigenvalue weighted by atomic mass is 9.98. The zero-order valence-electron chi connectivity index (χ0n) is 11.8. The number of rotatable bonds is 3. The summed E-state index contributed by atoms with van der Waals surface area (Å²) in [5.74, 6) is 0.738. The third kappa shape index (κ3) is 3.11. The quantitative estimate of drug-likeness (QED) is 0.862. The molecule has 3 rings (SSSR count). The Hall–Kier alpha value is -1.39. The van der Waals surface area contributed by atoms with Gasteiger partial charge in [0.25, 0.3) is 0 Å². The van der Waals surface area contributed by atoms with E-state index < -0.39 is 0 Å². The maximum absolute atomic E-state index is 13.9. The maximum atomic E-state index is 13.9. The van der Waals surface area contributed by atoms with E-state index in [9.17, 15) is 4.39 Å². The Morgan fingerprint density at radius 3 is 2.90 bits per heavy atom. The van der Waals surface area contributed by atoms with Gasteiger partial charge < -0.3 is 10.1 Å².